The van der Waals surface area contributed by atoms with Gasteiger partial charge in [-0.2, -0.15) is 0 Å². The zero-order valence-corrected chi connectivity index (χ0v) is 14.2. The van der Waals surface area contributed by atoms with Gasteiger partial charge in [-0.25, -0.2) is 0 Å². The molecule has 0 aliphatic carbocycles. The van der Waals surface area contributed by atoms with Gasteiger partial charge < -0.3 is 19.5 Å². The molecule has 1 aromatic heterocycles. The number of hydrogen-bond acceptors (Lipinski definition) is 5. The van der Waals surface area contributed by atoms with E-state index in [-0.39, 0.29) is 12.5 Å². The van der Waals surface area contributed by atoms with Gasteiger partial charge in [-0.3, -0.25) is 9.78 Å². The van der Waals surface area contributed by atoms with Crippen LogP contribution in [0.3, 0.4) is 0 Å². The van der Waals surface area contributed by atoms with E-state index in [1.54, 1.807) is 44.8 Å². The Balaban J connectivity index is 1.92. The van der Waals surface area contributed by atoms with Crippen molar-refractivity contribution in [2.24, 2.45) is 0 Å². The molecule has 0 saturated carbocycles. The highest BCUT2D eigenvalue weighted by Gasteiger charge is 2.08. The largest absolute Gasteiger partial charge is 0.493 e. The van der Waals surface area contributed by atoms with Crippen LogP contribution in [-0.2, 0) is 11.2 Å². The van der Waals surface area contributed by atoms with Crippen LogP contribution < -0.4 is 19.5 Å². The first-order valence-corrected chi connectivity index (χ1v) is 7.75. The molecule has 0 bridgehead atoms. The second kappa shape index (κ2) is 8.76. The van der Waals surface area contributed by atoms with Gasteiger partial charge in [0.05, 0.1) is 20.4 Å². The Morgan fingerprint density at radius 1 is 1.12 bits per heavy atom. The van der Waals surface area contributed by atoms with Crippen molar-refractivity contribution >= 4 is 11.6 Å². The molecule has 1 N–H and O–H groups in total. The maximum absolute atomic E-state index is 12.0. The van der Waals surface area contributed by atoms with Gasteiger partial charge in [-0.05, 0) is 30.2 Å². The van der Waals surface area contributed by atoms with Crippen LogP contribution >= 0.6 is 0 Å². The van der Waals surface area contributed by atoms with E-state index in [2.05, 4.69) is 17.2 Å². The molecule has 24 heavy (non-hydrogen) atoms. The molecule has 0 saturated heterocycles. The summed E-state index contributed by atoms with van der Waals surface area (Å²) in [5.41, 5.74) is 1.70. The van der Waals surface area contributed by atoms with Crippen molar-refractivity contribution in [3.63, 3.8) is 0 Å². The third-order valence-electron chi connectivity index (χ3n) is 3.35. The predicted molar refractivity (Wildman–Crippen MR) is 91.9 cm³/mol. The van der Waals surface area contributed by atoms with Crippen molar-refractivity contribution in [1.82, 2.24) is 4.98 Å². The standard InChI is InChI=1S/C18H22N2O4/c1-4-5-13-8-15(11-19-10-13)24-12-18(21)20-14-6-7-16(22-2)17(9-14)23-3/h6-11H,4-5,12H2,1-3H3,(H,20,21). The molecule has 2 aromatic rings. The summed E-state index contributed by atoms with van der Waals surface area (Å²) in [5, 5.41) is 2.76. The summed E-state index contributed by atoms with van der Waals surface area (Å²) < 4.78 is 15.9. The van der Waals surface area contributed by atoms with Crippen LogP contribution in [0.2, 0.25) is 0 Å². The quantitative estimate of drug-likeness (QED) is 0.805. The van der Waals surface area contributed by atoms with E-state index in [1.807, 2.05) is 6.07 Å². The lowest BCUT2D eigenvalue weighted by molar-refractivity contribution is -0.118. The van der Waals surface area contributed by atoms with Crippen LogP contribution in [0.4, 0.5) is 5.69 Å². The first-order valence-electron chi connectivity index (χ1n) is 7.75. The van der Waals surface area contributed by atoms with Crippen LogP contribution in [0.15, 0.2) is 36.7 Å². The van der Waals surface area contributed by atoms with E-state index in [0.717, 1.165) is 18.4 Å². The van der Waals surface area contributed by atoms with Crippen LogP contribution in [0.1, 0.15) is 18.9 Å². The Kier molecular flexibility index (Phi) is 6.42. The average molecular weight is 330 g/mol. The highest BCUT2D eigenvalue weighted by Crippen LogP contribution is 2.29. The molecule has 1 heterocycles. The number of carbonyl (C=O) groups is 1. The fourth-order valence-electron chi connectivity index (χ4n) is 2.23. The number of ether oxygens (including phenoxy) is 3. The van der Waals surface area contributed by atoms with Crippen molar-refractivity contribution in [3.8, 4) is 17.2 Å². The summed E-state index contributed by atoms with van der Waals surface area (Å²) >= 11 is 0. The normalized spacial score (nSPS) is 10.1. The molecule has 2 rings (SSSR count). The number of benzene rings is 1. The molecule has 0 spiro atoms. The molecule has 1 aromatic carbocycles. The Hall–Kier alpha value is -2.76. The molecule has 0 radical (unpaired) electrons. The van der Waals surface area contributed by atoms with E-state index in [0.29, 0.717) is 22.9 Å². The summed E-state index contributed by atoms with van der Waals surface area (Å²) in [5.74, 6) is 1.48. The fraction of sp³-hybridized carbons (Fsp3) is 0.333. The number of aromatic nitrogens is 1. The molecule has 128 valence electrons. The number of anilines is 1. The first kappa shape index (κ1) is 17.6. The number of pyridine rings is 1. The number of hydrogen-bond donors (Lipinski definition) is 1. The zero-order chi connectivity index (χ0) is 17.4. The van der Waals surface area contributed by atoms with E-state index < -0.39 is 0 Å². The molecule has 0 aliphatic heterocycles. The minimum atomic E-state index is -0.261. The Labute approximate surface area is 141 Å². The molecule has 6 heteroatoms. The van der Waals surface area contributed by atoms with Crippen molar-refractivity contribution in [3.05, 3.63) is 42.2 Å². The Bertz CT molecular complexity index is 688. The molecular formula is C18H22N2O4. The lowest BCUT2D eigenvalue weighted by Crippen LogP contribution is -2.20. The lowest BCUT2D eigenvalue weighted by atomic mass is 10.2. The topological polar surface area (TPSA) is 69.7 Å². The maximum atomic E-state index is 12.0. The molecule has 0 aliphatic rings. The van der Waals surface area contributed by atoms with Gasteiger partial charge in [0.15, 0.2) is 18.1 Å². The van der Waals surface area contributed by atoms with E-state index in [4.69, 9.17) is 14.2 Å². The first-order chi connectivity index (χ1) is 11.7. The van der Waals surface area contributed by atoms with E-state index >= 15 is 0 Å². The van der Waals surface area contributed by atoms with Gasteiger partial charge in [0, 0.05) is 18.0 Å². The number of aryl methyl sites for hydroxylation is 1. The van der Waals surface area contributed by atoms with E-state index in [1.165, 1.54) is 0 Å². The summed E-state index contributed by atoms with van der Waals surface area (Å²) in [6, 6.07) is 7.07. The molecular weight excluding hydrogens is 308 g/mol. The number of nitrogens with zero attached hydrogens (tertiary/aromatic N) is 1. The molecule has 1 amide bonds. The molecule has 0 atom stereocenters. The Morgan fingerprint density at radius 2 is 1.92 bits per heavy atom. The van der Waals surface area contributed by atoms with Crippen LogP contribution in [0, 0.1) is 0 Å². The molecule has 6 nitrogen and oxygen atoms in total. The summed E-state index contributed by atoms with van der Waals surface area (Å²) in [6.45, 7) is 2.01. The summed E-state index contributed by atoms with van der Waals surface area (Å²) in [4.78, 5) is 16.1. The van der Waals surface area contributed by atoms with Gasteiger partial charge in [0.25, 0.3) is 5.91 Å². The van der Waals surface area contributed by atoms with Crippen LogP contribution in [0.5, 0.6) is 17.2 Å². The maximum Gasteiger partial charge on any atom is 0.262 e. The number of methoxy groups -OCH3 is 2. The van der Waals surface area contributed by atoms with Gasteiger partial charge in [0.2, 0.25) is 0 Å². The third kappa shape index (κ3) is 4.87. The SMILES string of the molecule is CCCc1cncc(OCC(=O)Nc2ccc(OC)c(OC)c2)c1. The average Bonchev–Trinajstić information content (AvgIpc) is 2.60. The van der Waals surface area contributed by atoms with Crippen molar-refractivity contribution in [1.29, 1.82) is 0 Å². The lowest BCUT2D eigenvalue weighted by Gasteiger charge is -2.11. The van der Waals surface area contributed by atoms with Gasteiger partial charge in [-0.1, -0.05) is 13.3 Å². The molecule has 0 fully saturated rings. The summed E-state index contributed by atoms with van der Waals surface area (Å²) in [6.07, 6.45) is 5.37. The van der Waals surface area contributed by atoms with Crippen molar-refractivity contribution in [2.45, 2.75) is 19.8 Å². The number of carbonyl (C=O) groups excluding carboxylic acids is 1. The summed E-state index contributed by atoms with van der Waals surface area (Å²) in [7, 11) is 3.10. The minimum absolute atomic E-state index is 0.0917. The highest BCUT2D eigenvalue weighted by atomic mass is 16.5. The fourth-order valence-corrected chi connectivity index (χ4v) is 2.23. The molecule has 0 unspecified atom stereocenters. The van der Waals surface area contributed by atoms with E-state index in [9.17, 15) is 4.79 Å². The highest BCUT2D eigenvalue weighted by molar-refractivity contribution is 5.92. The van der Waals surface area contributed by atoms with Gasteiger partial charge in [-0.15, -0.1) is 0 Å². The van der Waals surface area contributed by atoms with Gasteiger partial charge in [0.1, 0.15) is 5.75 Å². The second-order valence-corrected chi connectivity index (χ2v) is 5.19. The second-order valence-electron chi connectivity index (χ2n) is 5.19. The predicted octanol–water partition coefficient (Wildman–Crippen LogP) is 3.07. The minimum Gasteiger partial charge on any atom is -0.493 e. The zero-order valence-electron chi connectivity index (χ0n) is 14.2. The Morgan fingerprint density at radius 3 is 2.62 bits per heavy atom. The van der Waals surface area contributed by atoms with Crippen LogP contribution in [0.25, 0.3) is 0 Å². The van der Waals surface area contributed by atoms with Crippen molar-refractivity contribution in [2.75, 3.05) is 26.1 Å². The smallest absolute Gasteiger partial charge is 0.262 e. The number of rotatable bonds is 8. The number of amides is 1. The number of nitrogens with one attached hydrogen (secondary N) is 1. The van der Waals surface area contributed by atoms with Gasteiger partial charge >= 0.3 is 0 Å². The van der Waals surface area contributed by atoms with Crippen molar-refractivity contribution < 1.29 is 19.0 Å². The third-order valence-corrected chi connectivity index (χ3v) is 3.35. The monoisotopic (exact) mass is 330 g/mol. The van der Waals surface area contributed by atoms with Crippen LogP contribution in [-0.4, -0.2) is 31.7 Å².